The van der Waals surface area contributed by atoms with Gasteiger partial charge in [0.1, 0.15) is 0 Å². The molecular formula is C10H16F3NO4S. The Morgan fingerprint density at radius 3 is 2.37 bits per heavy atom. The van der Waals surface area contributed by atoms with E-state index in [1.807, 2.05) is 0 Å². The third kappa shape index (κ3) is 9.60. The molecule has 0 saturated carbocycles. The van der Waals surface area contributed by atoms with Crippen LogP contribution < -0.4 is 5.32 Å². The molecule has 0 radical (unpaired) electrons. The first kappa shape index (κ1) is 18.0. The number of ether oxygens (including phenoxy) is 1. The molecule has 19 heavy (non-hydrogen) atoms. The lowest BCUT2D eigenvalue weighted by molar-refractivity contribution is -0.139. The van der Waals surface area contributed by atoms with Crippen LogP contribution in [-0.4, -0.2) is 53.9 Å². The van der Waals surface area contributed by atoms with Gasteiger partial charge in [-0.3, -0.25) is 9.59 Å². The van der Waals surface area contributed by atoms with E-state index in [2.05, 4.69) is 5.32 Å². The van der Waals surface area contributed by atoms with E-state index in [1.54, 1.807) is 0 Å². The molecule has 0 aromatic rings. The van der Waals surface area contributed by atoms with E-state index in [4.69, 9.17) is 9.84 Å². The van der Waals surface area contributed by atoms with E-state index in [0.29, 0.717) is 11.8 Å². The topological polar surface area (TPSA) is 75.6 Å². The quantitative estimate of drug-likeness (QED) is 0.706. The second kappa shape index (κ2) is 7.59. The molecule has 0 aliphatic rings. The van der Waals surface area contributed by atoms with Gasteiger partial charge in [-0.25, -0.2) is 0 Å². The fourth-order valence-electron chi connectivity index (χ4n) is 1.42. The highest BCUT2D eigenvalue weighted by atomic mass is 32.2. The van der Waals surface area contributed by atoms with Crippen LogP contribution in [0.15, 0.2) is 0 Å². The lowest BCUT2D eigenvalue weighted by Crippen LogP contribution is -2.51. The van der Waals surface area contributed by atoms with Crippen molar-refractivity contribution < 1.29 is 32.6 Å². The molecule has 112 valence electrons. The van der Waals surface area contributed by atoms with Crippen LogP contribution in [0.1, 0.15) is 13.3 Å². The van der Waals surface area contributed by atoms with Gasteiger partial charge >= 0.3 is 12.1 Å². The largest absolute Gasteiger partial charge is 0.481 e. The van der Waals surface area contributed by atoms with E-state index in [0.717, 1.165) is 0 Å². The molecule has 0 aromatic heterocycles. The Kier molecular flexibility index (Phi) is 7.20. The standard InChI is InChI=1S/C10H16F3NO4S/c1-9(5-18-2,3-8(16)17)14-7(15)4-19-6-10(11,12)13/h3-6H2,1-2H3,(H,14,15)(H,16,17). The van der Waals surface area contributed by atoms with E-state index >= 15 is 0 Å². The lowest BCUT2D eigenvalue weighted by Gasteiger charge is -2.28. The van der Waals surface area contributed by atoms with Crippen molar-refractivity contribution in [3.05, 3.63) is 0 Å². The van der Waals surface area contributed by atoms with Crippen LogP contribution in [0.25, 0.3) is 0 Å². The van der Waals surface area contributed by atoms with Gasteiger partial charge < -0.3 is 15.2 Å². The monoisotopic (exact) mass is 303 g/mol. The molecule has 0 heterocycles. The molecule has 5 nitrogen and oxygen atoms in total. The normalized spacial score (nSPS) is 14.8. The van der Waals surface area contributed by atoms with Gasteiger partial charge in [-0.2, -0.15) is 13.2 Å². The molecule has 0 aliphatic carbocycles. The molecule has 0 aliphatic heterocycles. The zero-order valence-electron chi connectivity index (χ0n) is 10.5. The number of carbonyl (C=O) groups excluding carboxylic acids is 1. The Bertz CT molecular complexity index is 324. The second-order valence-corrected chi connectivity index (χ2v) is 5.21. The molecule has 9 heteroatoms. The Hall–Kier alpha value is -0.960. The van der Waals surface area contributed by atoms with Crippen molar-refractivity contribution >= 4 is 23.6 Å². The summed E-state index contributed by atoms with van der Waals surface area (Å²) >= 11 is 0.421. The number of thioether (sulfide) groups is 1. The van der Waals surface area contributed by atoms with Crippen LogP contribution in [0.5, 0.6) is 0 Å². The number of aliphatic carboxylic acids is 1. The molecule has 1 unspecified atom stereocenters. The van der Waals surface area contributed by atoms with Gasteiger partial charge in [0.15, 0.2) is 0 Å². The van der Waals surface area contributed by atoms with E-state index in [-0.39, 0.29) is 13.0 Å². The van der Waals surface area contributed by atoms with Crippen molar-refractivity contribution in [2.45, 2.75) is 25.1 Å². The van der Waals surface area contributed by atoms with Crippen LogP contribution in [-0.2, 0) is 14.3 Å². The molecule has 0 spiro atoms. The number of carbonyl (C=O) groups is 2. The Labute approximate surface area is 112 Å². The lowest BCUT2D eigenvalue weighted by atomic mass is 9.99. The van der Waals surface area contributed by atoms with Gasteiger partial charge in [0.05, 0.1) is 30.1 Å². The van der Waals surface area contributed by atoms with Gasteiger partial charge in [0.25, 0.3) is 0 Å². The highest BCUT2D eigenvalue weighted by Crippen LogP contribution is 2.21. The highest BCUT2D eigenvalue weighted by Gasteiger charge is 2.31. The molecule has 0 aromatic carbocycles. The summed E-state index contributed by atoms with van der Waals surface area (Å²) in [5, 5.41) is 11.1. The number of carboxylic acid groups (broad SMARTS) is 1. The van der Waals surface area contributed by atoms with Gasteiger partial charge in [0.2, 0.25) is 5.91 Å². The molecule has 1 amide bonds. The number of methoxy groups -OCH3 is 1. The van der Waals surface area contributed by atoms with E-state index in [9.17, 15) is 22.8 Å². The molecule has 0 rings (SSSR count). The molecule has 0 bridgehead atoms. The summed E-state index contributed by atoms with van der Waals surface area (Å²) in [5.74, 6) is -3.31. The first-order valence-electron chi connectivity index (χ1n) is 5.24. The highest BCUT2D eigenvalue weighted by molar-refractivity contribution is 8.00. The molecular weight excluding hydrogens is 287 g/mol. The number of rotatable bonds is 8. The maximum atomic E-state index is 11.9. The van der Waals surface area contributed by atoms with Crippen LogP contribution >= 0.6 is 11.8 Å². The number of nitrogens with one attached hydrogen (secondary N) is 1. The summed E-state index contributed by atoms with van der Waals surface area (Å²) < 4.78 is 40.5. The van der Waals surface area contributed by atoms with Crippen molar-refractivity contribution in [2.24, 2.45) is 0 Å². The summed E-state index contributed by atoms with van der Waals surface area (Å²) in [7, 11) is 1.34. The molecule has 2 N–H and O–H groups in total. The Balaban J connectivity index is 4.28. The predicted molar refractivity (Wildman–Crippen MR) is 64.1 cm³/mol. The number of hydrogen-bond acceptors (Lipinski definition) is 4. The van der Waals surface area contributed by atoms with E-state index < -0.39 is 35.1 Å². The SMILES string of the molecule is COCC(C)(CC(=O)O)NC(=O)CSCC(F)(F)F. The summed E-state index contributed by atoms with van der Waals surface area (Å²) in [6, 6.07) is 0. The van der Waals surface area contributed by atoms with Crippen molar-refractivity contribution in [3.8, 4) is 0 Å². The molecule has 1 atom stereocenters. The molecule has 0 fully saturated rings. The van der Waals surface area contributed by atoms with Crippen LogP contribution in [0.2, 0.25) is 0 Å². The third-order valence-corrected chi connectivity index (χ3v) is 2.94. The number of amides is 1. The van der Waals surface area contributed by atoms with Gasteiger partial charge in [-0.05, 0) is 6.92 Å². The van der Waals surface area contributed by atoms with Crippen molar-refractivity contribution in [1.29, 1.82) is 0 Å². The number of alkyl halides is 3. The summed E-state index contributed by atoms with van der Waals surface area (Å²) in [5.41, 5.74) is -1.14. The van der Waals surface area contributed by atoms with Gasteiger partial charge in [0, 0.05) is 7.11 Å². The first-order valence-corrected chi connectivity index (χ1v) is 6.40. The maximum Gasteiger partial charge on any atom is 0.397 e. The number of halogens is 3. The van der Waals surface area contributed by atoms with Crippen molar-refractivity contribution in [1.82, 2.24) is 5.32 Å². The summed E-state index contributed by atoms with van der Waals surface area (Å²) in [4.78, 5) is 22.1. The Morgan fingerprint density at radius 1 is 1.37 bits per heavy atom. The van der Waals surface area contributed by atoms with Gasteiger partial charge in [-0.15, -0.1) is 11.8 Å². The van der Waals surface area contributed by atoms with Crippen LogP contribution in [0, 0.1) is 0 Å². The smallest absolute Gasteiger partial charge is 0.397 e. The minimum atomic E-state index is -4.33. The summed E-state index contributed by atoms with van der Waals surface area (Å²) in [6.45, 7) is 1.41. The van der Waals surface area contributed by atoms with Crippen molar-refractivity contribution in [3.63, 3.8) is 0 Å². The second-order valence-electron chi connectivity index (χ2n) is 4.22. The fourth-order valence-corrected chi connectivity index (χ4v) is 2.01. The molecule has 0 saturated heterocycles. The zero-order chi connectivity index (χ0) is 15.1. The average molecular weight is 303 g/mol. The van der Waals surface area contributed by atoms with E-state index in [1.165, 1.54) is 14.0 Å². The minimum Gasteiger partial charge on any atom is -0.481 e. The predicted octanol–water partition coefficient (Wildman–Crippen LogP) is 1.28. The average Bonchev–Trinajstić information content (AvgIpc) is 2.12. The number of carboxylic acids is 1. The van der Waals surface area contributed by atoms with Crippen LogP contribution in [0.3, 0.4) is 0 Å². The van der Waals surface area contributed by atoms with Crippen molar-refractivity contribution in [2.75, 3.05) is 25.2 Å². The zero-order valence-corrected chi connectivity index (χ0v) is 11.4. The fraction of sp³-hybridized carbons (Fsp3) is 0.800. The van der Waals surface area contributed by atoms with Crippen LogP contribution in [0.4, 0.5) is 13.2 Å². The number of hydrogen-bond donors (Lipinski definition) is 2. The van der Waals surface area contributed by atoms with Gasteiger partial charge in [-0.1, -0.05) is 0 Å². The minimum absolute atomic E-state index is 0.0466. The summed E-state index contributed by atoms with van der Waals surface area (Å²) in [6.07, 6.45) is -4.71. The first-order chi connectivity index (χ1) is 8.58. The Morgan fingerprint density at radius 2 is 1.95 bits per heavy atom. The third-order valence-electron chi connectivity index (χ3n) is 1.94. The maximum absolute atomic E-state index is 11.9.